The van der Waals surface area contributed by atoms with E-state index in [0.717, 1.165) is 35.0 Å². The van der Waals surface area contributed by atoms with E-state index in [2.05, 4.69) is 21.2 Å². The van der Waals surface area contributed by atoms with Crippen molar-refractivity contribution >= 4 is 28.7 Å². The van der Waals surface area contributed by atoms with Gasteiger partial charge in [0.2, 0.25) is 0 Å². The van der Waals surface area contributed by atoms with Crippen LogP contribution in [0, 0.1) is 5.92 Å². The van der Waals surface area contributed by atoms with Crippen molar-refractivity contribution in [3.05, 3.63) is 83.6 Å². The predicted octanol–water partition coefficient (Wildman–Crippen LogP) is 3.19. The Balaban J connectivity index is 1.50. The zero-order chi connectivity index (χ0) is 21.8. The minimum absolute atomic E-state index is 0.0675. The third-order valence-electron chi connectivity index (χ3n) is 5.50. The molecule has 0 aliphatic heterocycles. The lowest BCUT2D eigenvalue weighted by Crippen LogP contribution is -2.17. The smallest absolute Gasteiger partial charge is 0.271 e. The van der Waals surface area contributed by atoms with Crippen LogP contribution in [-0.2, 0) is 6.54 Å². The molecule has 1 heterocycles. The molecular formula is C24H24N4O3. The van der Waals surface area contributed by atoms with Crippen molar-refractivity contribution in [1.29, 1.82) is 0 Å². The highest BCUT2D eigenvalue weighted by Crippen LogP contribution is 2.26. The molecule has 3 aromatic rings. The number of amides is 1. The fraction of sp³-hybridized carbons (Fsp3) is 0.167. The van der Waals surface area contributed by atoms with Crippen molar-refractivity contribution in [3.63, 3.8) is 0 Å². The van der Waals surface area contributed by atoms with Crippen LogP contribution in [0.25, 0.3) is 10.9 Å². The van der Waals surface area contributed by atoms with Crippen LogP contribution >= 0.6 is 0 Å². The van der Waals surface area contributed by atoms with Gasteiger partial charge >= 0.3 is 0 Å². The fourth-order valence-corrected chi connectivity index (χ4v) is 3.77. The summed E-state index contributed by atoms with van der Waals surface area (Å²) in [6, 6.07) is 12.2. The lowest BCUT2D eigenvalue weighted by atomic mass is 9.92. The van der Waals surface area contributed by atoms with E-state index in [0.29, 0.717) is 5.56 Å². The van der Waals surface area contributed by atoms with Crippen molar-refractivity contribution in [2.75, 3.05) is 12.3 Å². The number of phenols is 1. The Labute approximate surface area is 179 Å². The van der Waals surface area contributed by atoms with E-state index < -0.39 is 5.91 Å². The number of phenolic OH excluding ortho intramolecular Hbond substituents is 1. The molecule has 0 fully saturated rings. The van der Waals surface area contributed by atoms with Gasteiger partial charge in [0.05, 0.1) is 18.5 Å². The summed E-state index contributed by atoms with van der Waals surface area (Å²) in [6.45, 7) is 0.846. The highest BCUT2D eigenvalue weighted by Gasteiger charge is 2.16. The average Bonchev–Trinajstić information content (AvgIpc) is 3.19. The van der Waals surface area contributed by atoms with Crippen LogP contribution in [0.4, 0.5) is 5.69 Å². The number of allylic oxidation sites excluding steroid dienone is 3. The van der Waals surface area contributed by atoms with Crippen molar-refractivity contribution in [1.82, 2.24) is 9.99 Å². The first kappa shape index (κ1) is 20.4. The molecule has 1 aromatic heterocycles. The quantitative estimate of drug-likeness (QED) is 0.214. The Morgan fingerprint density at radius 2 is 2.16 bits per heavy atom. The van der Waals surface area contributed by atoms with Crippen molar-refractivity contribution < 1.29 is 15.0 Å². The molecule has 1 unspecified atom stereocenters. The maximum Gasteiger partial charge on any atom is 0.271 e. The molecule has 5 N–H and O–H groups in total. The molecule has 0 radical (unpaired) electrons. The van der Waals surface area contributed by atoms with Gasteiger partial charge in [0, 0.05) is 40.7 Å². The summed E-state index contributed by atoms with van der Waals surface area (Å²) in [7, 11) is 0. The van der Waals surface area contributed by atoms with Crippen LogP contribution in [0.5, 0.6) is 5.75 Å². The molecule has 1 aliphatic carbocycles. The molecule has 2 aromatic carbocycles. The maximum absolute atomic E-state index is 12.2. The van der Waals surface area contributed by atoms with Crippen LogP contribution in [0.1, 0.15) is 22.3 Å². The van der Waals surface area contributed by atoms with Gasteiger partial charge in [-0.1, -0.05) is 30.4 Å². The van der Waals surface area contributed by atoms with Gasteiger partial charge in [-0.15, -0.1) is 0 Å². The second-order valence-corrected chi connectivity index (χ2v) is 7.48. The van der Waals surface area contributed by atoms with E-state index in [1.165, 1.54) is 18.2 Å². The van der Waals surface area contributed by atoms with Gasteiger partial charge in [-0.25, -0.2) is 5.43 Å². The predicted molar refractivity (Wildman–Crippen MR) is 122 cm³/mol. The van der Waals surface area contributed by atoms with Gasteiger partial charge in [-0.05, 0) is 42.3 Å². The number of aliphatic hydroxyl groups is 1. The second kappa shape index (κ2) is 8.89. The number of carbonyl (C=O) groups is 1. The Morgan fingerprint density at radius 3 is 2.97 bits per heavy atom. The Hall–Kier alpha value is -3.84. The zero-order valence-electron chi connectivity index (χ0n) is 16.9. The van der Waals surface area contributed by atoms with Crippen molar-refractivity contribution in [3.8, 4) is 5.75 Å². The lowest BCUT2D eigenvalue weighted by Gasteiger charge is -2.21. The minimum Gasteiger partial charge on any atom is -0.506 e. The van der Waals surface area contributed by atoms with Gasteiger partial charge in [-0.2, -0.15) is 5.10 Å². The molecule has 0 spiro atoms. The molecule has 4 rings (SSSR count). The number of aliphatic hydroxyl groups excluding tert-OH is 1. The second-order valence-electron chi connectivity index (χ2n) is 7.48. The molecule has 1 amide bonds. The number of nitrogens with zero attached hydrogens (tertiary/aromatic N) is 2. The molecule has 0 bridgehead atoms. The van der Waals surface area contributed by atoms with E-state index in [4.69, 9.17) is 5.73 Å². The van der Waals surface area contributed by atoms with E-state index in [9.17, 15) is 15.0 Å². The molecule has 0 saturated carbocycles. The van der Waals surface area contributed by atoms with E-state index in [-0.39, 0.29) is 24.0 Å². The molecule has 7 heteroatoms. The standard InChI is InChI=1S/C24H24N4O3/c25-21-12-16(8-9-23(21)30)24(31)27-26-13-17-6-3-7-22-20(17)10-11-28(22)14-18-4-1-2-5-19(18)15-29/h1-3,5-13,18,29-30H,4,14-15,25H2,(H,27,31)/b26-13+. The van der Waals surface area contributed by atoms with Gasteiger partial charge in [-0.3, -0.25) is 4.79 Å². The van der Waals surface area contributed by atoms with E-state index >= 15 is 0 Å². The number of hydrogen-bond donors (Lipinski definition) is 4. The number of hydrogen-bond acceptors (Lipinski definition) is 5. The fourth-order valence-electron chi connectivity index (χ4n) is 3.77. The summed E-state index contributed by atoms with van der Waals surface area (Å²) >= 11 is 0. The van der Waals surface area contributed by atoms with Crippen LogP contribution < -0.4 is 11.2 Å². The number of anilines is 1. The molecule has 1 atom stereocenters. The normalized spacial score (nSPS) is 16.0. The van der Waals surface area contributed by atoms with E-state index in [1.54, 1.807) is 6.21 Å². The summed E-state index contributed by atoms with van der Waals surface area (Å²) in [5, 5.41) is 24.2. The van der Waals surface area contributed by atoms with Crippen LogP contribution in [0.2, 0.25) is 0 Å². The molecule has 1 aliphatic rings. The number of hydrazone groups is 1. The number of aromatic hydroxyl groups is 1. The van der Waals surface area contributed by atoms with Gasteiger partial charge < -0.3 is 20.5 Å². The summed E-state index contributed by atoms with van der Waals surface area (Å²) < 4.78 is 2.18. The summed E-state index contributed by atoms with van der Waals surface area (Å²) in [5.74, 6) is -0.219. The SMILES string of the molecule is Nc1cc(C(=O)N/N=C/c2cccc3c2ccn3CC2CC=CC=C2CO)ccc1O. The Kier molecular flexibility index (Phi) is 5.86. The summed E-state index contributed by atoms with van der Waals surface area (Å²) in [4.78, 5) is 12.2. The molecular weight excluding hydrogens is 392 g/mol. The summed E-state index contributed by atoms with van der Waals surface area (Å²) in [5.41, 5.74) is 11.6. The highest BCUT2D eigenvalue weighted by molar-refractivity contribution is 6.00. The molecule has 31 heavy (non-hydrogen) atoms. The van der Waals surface area contributed by atoms with Gasteiger partial charge in [0.15, 0.2) is 0 Å². The number of carbonyl (C=O) groups excluding carboxylic acids is 1. The number of rotatable bonds is 6. The Bertz CT molecular complexity index is 1210. The van der Waals surface area contributed by atoms with Crippen LogP contribution in [-0.4, -0.2) is 33.5 Å². The molecule has 0 saturated heterocycles. The van der Waals surface area contributed by atoms with E-state index in [1.807, 2.05) is 42.6 Å². The van der Waals surface area contributed by atoms with Crippen molar-refractivity contribution in [2.45, 2.75) is 13.0 Å². The topological polar surface area (TPSA) is 113 Å². The first-order valence-corrected chi connectivity index (χ1v) is 10.0. The zero-order valence-corrected chi connectivity index (χ0v) is 16.9. The lowest BCUT2D eigenvalue weighted by molar-refractivity contribution is 0.0955. The first-order chi connectivity index (χ1) is 15.1. The molecule has 158 valence electrons. The molecule has 7 nitrogen and oxygen atoms in total. The number of nitrogens with two attached hydrogens (primary N) is 1. The average molecular weight is 416 g/mol. The van der Waals surface area contributed by atoms with Crippen LogP contribution in [0.15, 0.2) is 77.6 Å². The summed E-state index contributed by atoms with van der Waals surface area (Å²) in [6.07, 6.45) is 10.6. The monoisotopic (exact) mass is 416 g/mol. The third kappa shape index (κ3) is 4.36. The number of fused-ring (bicyclic) bond motifs is 1. The van der Waals surface area contributed by atoms with Gasteiger partial charge in [0.25, 0.3) is 5.91 Å². The number of benzene rings is 2. The third-order valence-corrected chi connectivity index (χ3v) is 5.50. The maximum atomic E-state index is 12.2. The highest BCUT2D eigenvalue weighted by atomic mass is 16.3. The van der Waals surface area contributed by atoms with Crippen molar-refractivity contribution in [2.24, 2.45) is 11.0 Å². The number of nitrogens with one attached hydrogen (secondary N) is 1. The number of aromatic nitrogens is 1. The van der Waals surface area contributed by atoms with Crippen LogP contribution in [0.3, 0.4) is 0 Å². The number of nitrogen functional groups attached to an aromatic ring is 1. The largest absolute Gasteiger partial charge is 0.506 e. The Morgan fingerprint density at radius 1 is 1.29 bits per heavy atom. The minimum atomic E-state index is -0.415. The first-order valence-electron chi connectivity index (χ1n) is 10.0. The van der Waals surface area contributed by atoms with Gasteiger partial charge in [0.1, 0.15) is 5.75 Å².